The Morgan fingerprint density at radius 3 is 2.08 bits per heavy atom. The predicted molar refractivity (Wildman–Crippen MR) is 216 cm³/mol. The fraction of sp³-hybridized carbons (Fsp3) is 0.535. The molecule has 0 unspecified atom stereocenters. The third kappa shape index (κ3) is 8.24. The van der Waals surface area contributed by atoms with Crippen LogP contribution in [0.25, 0.3) is 0 Å². The highest BCUT2D eigenvalue weighted by atomic mass is 35.5. The average molecular weight is 763 g/mol. The number of amides is 3. The van der Waals surface area contributed by atoms with E-state index in [1.165, 1.54) is 0 Å². The number of urea groups is 1. The van der Waals surface area contributed by atoms with E-state index in [1.54, 1.807) is 6.20 Å². The van der Waals surface area contributed by atoms with Gasteiger partial charge in [-0.2, -0.15) is 0 Å². The van der Waals surface area contributed by atoms with Gasteiger partial charge in [0.15, 0.2) is 0 Å². The summed E-state index contributed by atoms with van der Waals surface area (Å²) < 4.78 is 6.31. The Bertz CT molecular complexity index is 1780. The second kappa shape index (κ2) is 16.4. The van der Waals surface area contributed by atoms with E-state index in [1.807, 2.05) is 76.2 Å². The lowest BCUT2D eigenvalue weighted by atomic mass is 9.71. The number of hydrogen-bond donors (Lipinski definition) is 0. The number of pyridine rings is 1. The van der Waals surface area contributed by atoms with Crippen LogP contribution in [0, 0.1) is 5.92 Å². The summed E-state index contributed by atoms with van der Waals surface area (Å²) in [5.41, 5.74) is 1.10. The Balaban J connectivity index is 1.60. The molecule has 286 valence electrons. The van der Waals surface area contributed by atoms with Gasteiger partial charge in [-0.1, -0.05) is 81.6 Å². The quantitative estimate of drug-likeness (QED) is 0.195. The summed E-state index contributed by atoms with van der Waals surface area (Å²) in [6.45, 7) is 21.1. The van der Waals surface area contributed by atoms with E-state index in [-0.39, 0.29) is 29.3 Å². The number of unbranched alkanes of at least 4 members (excludes halogenated alkanes) is 1. The largest absolute Gasteiger partial charge is 0.493 e. The highest BCUT2D eigenvalue weighted by molar-refractivity contribution is 6.30. The van der Waals surface area contributed by atoms with Gasteiger partial charge in [-0.15, -0.1) is 0 Å². The number of carbonyl (C=O) groups excluding carboxylic acids is 2. The van der Waals surface area contributed by atoms with Crippen molar-refractivity contribution < 1.29 is 14.3 Å². The standard InChI is InChI=1S/C43H57Cl2N5O3/c1-10-12-23-49(29(3)4)38(51)26-30-21-24-48(25-22-30)40(52)50-39(35-28-46-37(41(5,6)7)27-36(35)53-11-2)47-42(8,31-13-17-33(44)18-14-31)43(50,9)32-15-19-34(45)20-16-32/h13-20,27-30H,10-12,21-26H2,1-9H3/t42-,43+/m0/s1. The molecule has 2 aromatic carbocycles. The molecule has 3 amide bonds. The van der Waals surface area contributed by atoms with Crippen LogP contribution in [0.3, 0.4) is 0 Å². The van der Waals surface area contributed by atoms with Crippen molar-refractivity contribution in [3.8, 4) is 5.75 Å². The number of aliphatic imine (C=N–C) groups is 1. The normalized spacial score (nSPS) is 20.9. The Morgan fingerprint density at radius 1 is 0.962 bits per heavy atom. The number of carbonyl (C=O) groups is 2. The maximum atomic E-state index is 15.3. The molecule has 1 saturated heterocycles. The molecular formula is C43H57Cl2N5O3. The molecule has 5 rings (SSSR count). The van der Waals surface area contributed by atoms with E-state index in [0.717, 1.165) is 49.0 Å². The molecule has 2 aliphatic rings. The molecule has 1 aromatic heterocycles. The molecule has 0 radical (unpaired) electrons. The Morgan fingerprint density at radius 2 is 1.55 bits per heavy atom. The molecule has 0 spiro atoms. The number of ether oxygens (including phenoxy) is 1. The van der Waals surface area contributed by atoms with Gasteiger partial charge in [0.25, 0.3) is 0 Å². The molecule has 0 bridgehead atoms. The van der Waals surface area contributed by atoms with Gasteiger partial charge >= 0.3 is 6.03 Å². The van der Waals surface area contributed by atoms with Gasteiger partial charge in [0.2, 0.25) is 5.91 Å². The molecule has 3 aromatic rings. The van der Waals surface area contributed by atoms with Gasteiger partial charge in [-0.3, -0.25) is 19.7 Å². The Hall–Kier alpha value is -3.62. The highest BCUT2D eigenvalue weighted by Gasteiger charge is 2.60. The first-order chi connectivity index (χ1) is 25.0. The zero-order valence-electron chi connectivity index (χ0n) is 33.0. The lowest BCUT2D eigenvalue weighted by Gasteiger charge is -2.47. The van der Waals surface area contributed by atoms with E-state index in [0.29, 0.717) is 53.3 Å². The molecule has 0 N–H and O–H groups in total. The fourth-order valence-corrected chi connectivity index (χ4v) is 7.94. The molecular weight excluding hydrogens is 705 g/mol. The van der Waals surface area contributed by atoms with E-state index >= 15 is 4.79 Å². The summed E-state index contributed by atoms with van der Waals surface area (Å²) in [6, 6.07) is 17.4. The maximum absolute atomic E-state index is 15.3. The minimum atomic E-state index is -1.02. The summed E-state index contributed by atoms with van der Waals surface area (Å²) in [5, 5.41) is 1.22. The first kappa shape index (κ1) is 40.6. The molecule has 3 heterocycles. The zero-order valence-corrected chi connectivity index (χ0v) is 34.5. The van der Waals surface area contributed by atoms with Crippen LogP contribution in [0.5, 0.6) is 5.75 Å². The molecule has 2 aliphatic heterocycles. The van der Waals surface area contributed by atoms with Crippen LogP contribution in [-0.4, -0.2) is 69.7 Å². The van der Waals surface area contributed by atoms with Crippen LogP contribution < -0.4 is 4.74 Å². The lowest BCUT2D eigenvalue weighted by Crippen LogP contribution is -2.59. The van der Waals surface area contributed by atoms with Crippen molar-refractivity contribution in [2.75, 3.05) is 26.2 Å². The average Bonchev–Trinajstić information content (AvgIpc) is 3.36. The van der Waals surface area contributed by atoms with Crippen LogP contribution in [0.1, 0.15) is 117 Å². The van der Waals surface area contributed by atoms with E-state index in [9.17, 15) is 4.79 Å². The molecule has 53 heavy (non-hydrogen) atoms. The predicted octanol–water partition coefficient (Wildman–Crippen LogP) is 10.2. The molecule has 8 nitrogen and oxygen atoms in total. The van der Waals surface area contributed by atoms with E-state index < -0.39 is 11.1 Å². The minimum absolute atomic E-state index is 0.155. The van der Waals surface area contributed by atoms with Crippen molar-refractivity contribution >= 4 is 41.0 Å². The number of nitrogens with zero attached hydrogens (tertiary/aromatic N) is 5. The SMILES string of the molecule is CCCCN(C(=O)CC1CCN(C(=O)N2C(c3cnc(C(C)(C)C)cc3OCC)=N[C@@](C)(c3ccc(Cl)cc3)[C@@]2(C)c2ccc(Cl)cc2)CC1)C(C)C. The van der Waals surface area contributed by atoms with E-state index in [4.69, 9.17) is 37.9 Å². The molecule has 2 atom stereocenters. The summed E-state index contributed by atoms with van der Waals surface area (Å²) in [4.78, 5) is 45.0. The van der Waals surface area contributed by atoms with Crippen molar-refractivity contribution in [2.24, 2.45) is 10.9 Å². The van der Waals surface area contributed by atoms with Gasteiger partial charge < -0.3 is 14.5 Å². The molecule has 0 saturated carbocycles. The number of benzene rings is 2. The molecule has 10 heteroatoms. The number of likely N-dealkylation sites (tertiary alicyclic amines) is 1. The van der Waals surface area contributed by atoms with Gasteiger partial charge in [0.05, 0.1) is 12.2 Å². The Labute approximate surface area is 326 Å². The summed E-state index contributed by atoms with van der Waals surface area (Å²) >= 11 is 12.9. The number of aromatic nitrogens is 1. The fourth-order valence-electron chi connectivity index (χ4n) is 7.69. The smallest absolute Gasteiger partial charge is 0.326 e. The van der Waals surface area contributed by atoms with Gasteiger partial charge in [0.1, 0.15) is 22.7 Å². The van der Waals surface area contributed by atoms with Crippen LogP contribution in [0.2, 0.25) is 10.0 Å². The van der Waals surface area contributed by atoms with Crippen LogP contribution in [-0.2, 0) is 21.3 Å². The summed E-state index contributed by atoms with van der Waals surface area (Å²) in [7, 11) is 0. The summed E-state index contributed by atoms with van der Waals surface area (Å²) in [5.74, 6) is 1.53. The number of hydrogen-bond acceptors (Lipinski definition) is 5. The molecule has 0 aliphatic carbocycles. The maximum Gasteiger partial charge on any atom is 0.326 e. The molecule has 1 fully saturated rings. The third-order valence-corrected chi connectivity index (χ3v) is 11.7. The van der Waals surface area contributed by atoms with E-state index in [2.05, 4.69) is 55.4 Å². The number of piperidine rings is 1. The van der Waals surface area contributed by atoms with Crippen LogP contribution >= 0.6 is 23.2 Å². The first-order valence-corrected chi connectivity index (χ1v) is 19.9. The van der Waals surface area contributed by atoms with Crippen molar-refractivity contribution in [1.82, 2.24) is 19.7 Å². The second-order valence-electron chi connectivity index (χ2n) is 16.1. The van der Waals surface area contributed by atoms with Crippen molar-refractivity contribution in [3.05, 3.63) is 93.2 Å². The number of halogens is 2. The van der Waals surface area contributed by atoms with Gasteiger partial charge in [-0.05, 0) is 95.2 Å². The van der Waals surface area contributed by atoms with Crippen LogP contribution in [0.4, 0.5) is 4.79 Å². The van der Waals surface area contributed by atoms with Crippen molar-refractivity contribution in [3.63, 3.8) is 0 Å². The van der Waals surface area contributed by atoms with Gasteiger partial charge in [-0.25, -0.2) is 4.79 Å². The summed E-state index contributed by atoms with van der Waals surface area (Å²) in [6.07, 6.45) is 5.84. The second-order valence-corrected chi connectivity index (χ2v) is 17.0. The monoisotopic (exact) mass is 761 g/mol. The van der Waals surface area contributed by atoms with Crippen molar-refractivity contribution in [2.45, 2.75) is 117 Å². The first-order valence-electron chi connectivity index (χ1n) is 19.2. The van der Waals surface area contributed by atoms with Crippen LogP contribution in [0.15, 0.2) is 65.8 Å². The number of amidine groups is 1. The lowest BCUT2D eigenvalue weighted by molar-refractivity contribution is -0.134. The Kier molecular flexibility index (Phi) is 12.6. The third-order valence-electron chi connectivity index (χ3n) is 11.2. The van der Waals surface area contributed by atoms with Crippen molar-refractivity contribution in [1.29, 1.82) is 0 Å². The van der Waals surface area contributed by atoms with Gasteiger partial charge in [0, 0.05) is 65.5 Å². The minimum Gasteiger partial charge on any atom is -0.493 e. The number of rotatable bonds is 11. The topological polar surface area (TPSA) is 78.3 Å². The zero-order chi connectivity index (χ0) is 38.7. The highest BCUT2D eigenvalue weighted by Crippen LogP contribution is 2.54.